The highest BCUT2D eigenvalue weighted by atomic mass is 16.7. The first-order chi connectivity index (χ1) is 5.26. The summed E-state index contributed by atoms with van der Waals surface area (Å²) >= 11 is 0. The van der Waals surface area contributed by atoms with E-state index in [0.717, 1.165) is 12.8 Å². The first-order valence-corrected chi connectivity index (χ1v) is 4.27. The molecule has 2 N–H and O–H groups in total. The molecule has 1 aliphatic heterocycles. The van der Waals surface area contributed by atoms with E-state index in [4.69, 9.17) is 15.2 Å². The lowest BCUT2D eigenvalue weighted by Crippen LogP contribution is -2.40. The van der Waals surface area contributed by atoms with E-state index in [1.807, 2.05) is 0 Å². The van der Waals surface area contributed by atoms with Gasteiger partial charge in [-0.2, -0.15) is 0 Å². The van der Waals surface area contributed by atoms with Gasteiger partial charge in [0.2, 0.25) is 0 Å². The molecule has 3 nitrogen and oxygen atoms in total. The SMILES string of the molecule is CCC1CC(C)OC(CN)O1. The monoisotopic (exact) mass is 159 g/mol. The Kier molecular flexibility index (Phi) is 3.30. The van der Waals surface area contributed by atoms with E-state index in [-0.39, 0.29) is 6.29 Å². The summed E-state index contributed by atoms with van der Waals surface area (Å²) in [5.41, 5.74) is 5.43. The summed E-state index contributed by atoms with van der Waals surface area (Å²) in [6, 6.07) is 0. The summed E-state index contributed by atoms with van der Waals surface area (Å²) in [5, 5.41) is 0. The highest BCUT2D eigenvalue weighted by Gasteiger charge is 2.24. The van der Waals surface area contributed by atoms with Crippen LogP contribution in [0.3, 0.4) is 0 Å². The summed E-state index contributed by atoms with van der Waals surface area (Å²) in [7, 11) is 0. The minimum Gasteiger partial charge on any atom is -0.348 e. The van der Waals surface area contributed by atoms with Gasteiger partial charge in [-0.05, 0) is 19.8 Å². The molecule has 66 valence electrons. The fraction of sp³-hybridized carbons (Fsp3) is 1.00. The van der Waals surface area contributed by atoms with Gasteiger partial charge in [-0.1, -0.05) is 6.92 Å². The molecule has 0 saturated carbocycles. The summed E-state index contributed by atoms with van der Waals surface area (Å²) in [6.45, 7) is 4.64. The first-order valence-electron chi connectivity index (χ1n) is 4.27. The number of ether oxygens (including phenoxy) is 2. The second kappa shape index (κ2) is 4.04. The van der Waals surface area contributed by atoms with E-state index >= 15 is 0 Å². The van der Waals surface area contributed by atoms with Crippen LogP contribution < -0.4 is 5.73 Å². The van der Waals surface area contributed by atoms with Crippen LogP contribution in [0.15, 0.2) is 0 Å². The molecule has 1 rings (SSSR count). The molecule has 0 aromatic rings. The molecule has 0 spiro atoms. The molecule has 0 aromatic heterocycles. The fourth-order valence-electron chi connectivity index (χ4n) is 1.36. The minimum atomic E-state index is -0.177. The van der Waals surface area contributed by atoms with Crippen LogP contribution in [0.2, 0.25) is 0 Å². The zero-order chi connectivity index (χ0) is 8.27. The van der Waals surface area contributed by atoms with Gasteiger partial charge in [0.15, 0.2) is 6.29 Å². The van der Waals surface area contributed by atoms with Gasteiger partial charge in [-0.3, -0.25) is 0 Å². The maximum Gasteiger partial charge on any atom is 0.170 e. The second-order valence-corrected chi connectivity index (χ2v) is 3.01. The largest absolute Gasteiger partial charge is 0.348 e. The van der Waals surface area contributed by atoms with E-state index in [0.29, 0.717) is 18.8 Å². The van der Waals surface area contributed by atoms with Crippen molar-refractivity contribution in [1.82, 2.24) is 0 Å². The Hall–Kier alpha value is -0.120. The molecule has 0 radical (unpaired) electrons. The van der Waals surface area contributed by atoms with Gasteiger partial charge in [-0.15, -0.1) is 0 Å². The fourth-order valence-corrected chi connectivity index (χ4v) is 1.36. The molecule has 3 heteroatoms. The van der Waals surface area contributed by atoms with Gasteiger partial charge in [0.05, 0.1) is 12.2 Å². The van der Waals surface area contributed by atoms with E-state index in [1.54, 1.807) is 0 Å². The summed E-state index contributed by atoms with van der Waals surface area (Å²) < 4.78 is 10.9. The van der Waals surface area contributed by atoms with E-state index < -0.39 is 0 Å². The molecule has 3 unspecified atom stereocenters. The highest BCUT2D eigenvalue weighted by molar-refractivity contribution is 4.68. The lowest BCUT2D eigenvalue weighted by molar-refractivity contribution is -0.233. The maximum atomic E-state index is 5.51. The van der Waals surface area contributed by atoms with E-state index in [1.165, 1.54) is 0 Å². The topological polar surface area (TPSA) is 44.5 Å². The molecule has 11 heavy (non-hydrogen) atoms. The van der Waals surface area contributed by atoms with Crippen molar-refractivity contribution in [3.8, 4) is 0 Å². The molecule has 1 fully saturated rings. The molecule has 3 atom stereocenters. The Morgan fingerprint density at radius 2 is 2.18 bits per heavy atom. The quantitative estimate of drug-likeness (QED) is 0.650. The Balaban J connectivity index is 2.37. The molecular formula is C8H17NO2. The molecule has 0 amide bonds. The first kappa shape index (κ1) is 8.97. The highest BCUT2D eigenvalue weighted by Crippen LogP contribution is 2.19. The van der Waals surface area contributed by atoms with E-state index in [2.05, 4.69) is 13.8 Å². The zero-order valence-corrected chi connectivity index (χ0v) is 7.25. The molecule has 0 aromatic carbocycles. The normalized spacial score (nSPS) is 39.0. The van der Waals surface area contributed by atoms with Gasteiger partial charge in [0.1, 0.15) is 0 Å². The van der Waals surface area contributed by atoms with Crippen LogP contribution in [0.4, 0.5) is 0 Å². The third-order valence-electron chi connectivity index (χ3n) is 1.97. The molecule has 1 aliphatic rings. The van der Waals surface area contributed by atoms with Crippen molar-refractivity contribution in [1.29, 1.82) is 0 Å². The van der Waals surface area contributed by atoms with Crippen LogP contribution in [0, 0.1) is 0 Å². The zero-order valence-electron chi connectivity index (χ0n) is 7.25. The van der Waals surface area contributed by atoms with Crippen LogP contribution in [0.5, 0.6) is 0 Å². The number of hydrogen-bond acceptors (Lipinski definition) is 3. The van der Waals surface area contributed by atoms with Crippen LogP contribution in [-0.2, 0) is 9.47 Å². The van der Waals surface area contributed by atoms with Crippen molar-refractivity contribution in [2.75, 3.05) is 6.54 Å². The third kappa shape index (κ3) is 2.43. The van der Waals surface area contributed by atoms with Gasteiger partial charge < -0.3 is 15.2 Å². The standard InChI is InChI=1S/C8H17NO2/c1-3-7-4-6(2)10-8(5-9)11-7/h6-8H,3-5,9H2,1-2H3. The lowest BCUT2D eigenvalue weighted by Gasteiger charge is -2.33. The molecule has 0 bridgehead atoms. The van der Waals surface area contributed by atoms with Gasteiger partial charge in [-0.25, -0.2) is 0 Å². The Bertz CT molecular complexity index is 107. The van der Waals surface area contributed by atoms with Crippen molar-refractivity contribution >= 4 is 0 Å². The van der Waals surface area contributed by atoms with Gasteiger partial charge in [0, 0.05) is 6.54 Å². The third-order valence-corrected chi connectivity index (χ3v) is 1.97. The second-order valence-electron chi connectivity index (χ2n) is 3.01. The van der Waals surface area contributed by atoms with Crippen LogP contribution in [0.1, 0.15) is 26.7 Å². The molecule has 1 saturated heterocycles. The number of nitrogens with two attached hydrogens (primary N) is 1. The number of hydrogen-bond donors (Lipinski definition) is 1. The van der Waals surface area contributed by atoms with E-state index in [9.17, 15) is 0 Å². The molecule has 0 aliphatic carbocycles. The average molecular weight is 159 g/mol. The minimum absolute atomic E-state index is 0.177. The van der Waals surface area contributed by atoms with Crippen molar-refractivity contribution in [2.45, 2.75) is 45.2 Å². The predicted molar refractivity (Wildman–Crippen MR) is 43.2 cm³/mol. The maximum absolute atomic E-state index is 5.51. The smallest absolute Gasteiger partial charge is 0.170 e. The summed E-state index contributed by atoms with van der Waals surface area (Å²) in [5.74, 6) is 0. The van der Waals surface area contributed by atoms with Crippen LogP contribution in [0.25, 0.3) is 0 Å². The summed E-state index contributed by atoms with van der Waals surface area (Å²) in [6.07, 6.45) is 2.50. The molecular weight excluding hydrogens is 142 g/mol. The Labute approximate surface area is 67.9 Å². The van der Waals surface area contributed by atoms with Crippen LogP contribution >= 0.6 is 0 Å². The average Bonchev–Trinajstić information content (AvgIpc) is 2.03. The van der Waals surface area contributed by atoms with Crippen LogP contribution in [-0.4, -0.2) is 25.0 Å². The van der Waals surface area contributed by atoms with Gasteiger partial charge >= 0.3 is 0 Å². The van der Waals surface area contributed by atoms with Crippen molar-refractivity contribution < 1.29 is 9.47 Å². The van der Waals surface area contributed by atoms with Crippen molar-refractivity contribution in [2.24, 2.45) is 5.73 Å². The lowest BCUT2D eigenvalue weighted by atomic mass is 10.1. The van der Waals surface area contributed by atoms with Crippen molar-refractivity contribution in [3.63, 3.8) is 0 Å². The molecule has 1 heterocycles. The van der Waals surface area contributed by atoms with Crippen molar-refractivity contribution in [3.05, 3.63) is 0 Å². The summed E-state index contributed by atoms with van der Waals surface area (Å²) in [4.78, 5) is 0. The Morgan fingerprint density at radius 3 is 2.73 bits per heavy atom. The predicted octanol–water partition coefficient (Wildman–Crippen LogP) is 0.875. The number of rotatable bonds is 2. The Morgan fingerprint density at radius 1 is 1.45 bits per heavy atom. The van der Waals surface area contributed by atoms with Gasteiger partial charge in [0.25, 0.3) is 0 Å².